The third-order valence-electron chi connectivity index (χ3n) is 1.89. The monoisotopic (exact) mass is 301 g/mol. The van der Waals surface area contributed by atoms with Gasteiger partial charge in [0.05, 0.1) is 0 Å². The maximum atomic E-state index is 11.1. The molecule has 3 heteroatoms. The van der Waals surface area contributed by atoms with E-state index in [0.29, 0.717) is 0 Å². The van der Waals surface area contributed by atoms with Crippen molar-refractivity contribution >= 4 is 34.2 Å². The molecule has 0 bridgehead atoms. The zero-order chi connectivity index (χ0) is 10.7. The van der Waals surface area contributed by atoms with Crippen LogP contribution in [0.15, 0.2) is 24.8 Å². The summed E-state index contributed by atoms with van der Waals surface area (Å²) in [5.41, 5.74) is 3.17. The van der Waals surface area contributed by atoms with E-state index in [1.807, 2.05) is 26.0 Å². The van der Waals surface area contributed by atoms with Crippen LogP contribution in [0.4, 0.5) is 5.69 Å². The van der Waals surface area contributed by atoms with Gasteiger partial charge >= 0.3 is 0 Å². The van der Waals surface area contributed by atoms with Crippen LogP contribution in [0.1, 0.15) is 11.1 Å². The molecular weight excluding hydrogens is 289 g/mol. The van der Waals surface area contributed by atoms with Crippen LogP contribution in [-0.2, 0) is 4.79 Å². The van der Waals surface area contributed by atoms with Gasteiger partial charge in [0, 0.05) is 9.26 Å². The van der Waals surface area contributed by atoms with Crippen molar-refractivity contribution in [3.8, 4) is 0 Å². The fourth-order valence-electron chi connectivity index (χ4n) is 1.21. The molecule has 0 unspecified atom stereocenters. The van der Waals surface area contributed by atoms with Crippen molar-refractivity contribution in [2.24, 2.45) is 0 Å². The van der Waals surface area contributed by atoms with Crippen LogP contribution in [0.2, 0.25) is 0 Å². The van der Waals surface area contributed by atoms with E-state index in [-0.39, 0.29) is 5.91 Å². The Morgan fingerprint density at radius 1 is 1.43 bits per heavy atom. The summed E-state index contributed by atoms with van der Waals surface area (Å²) in [4.78, 5) is 11.1. The van der Waals surface area contributed by atoms with E-state index in [1.54, 1.807) is 0 Å². The van der Waals surface area contributed by atoms with Crippen LogP contribution in [0, 0.1) is 17.4 Å². The summed E-state index contributed by atoms with van der Waals surface area (Å²) >= 11 is 2.30. The van der Waals surface area contributed by atoms with E-state index >= 15 is 0 Å². The smallest absolute Gasteiger partial charge is 0.247 e. The number of hydrogen-bond acceptors (Lipinski definition) is 1. The minimum absolute atomic E-state index is 0.176. The van der Waals surface area contributed by atoms with Crippen molar-refractivity contribution in [2.45, 2.75) is 13.8 Å². The minimum atomic E-state index is -0.176. The summed E-state index contributed by atoms with van der Waals surface area (Å²) in [5, 5.41) is 2.74. The Morgan fingerprint density at radius 2 is 1.93 bits per heavy atom. The van der Waals surface area contributed by atoms with E-state index in [1.165, 1.54) is 20.8 Å². The topological polar surface area (TPSA) is 29.1 Å². The van der Waals surface area contributed by atoms with Crippen molar-refractivity contribution in [3.05, 3.63) is 39.5 Å². The summed E-state index contributed by atoms with van der Waals surface area (Å²) < 4.78 is 1.24. The number of anilines is 1. The number of carbonyl (C=O) groups excluding carboxylic acids is 1. The van der Waals surface area contributed by atoms with Crippen LogP contribution in [0.5, 0.6) is 0 Å². The number of halogens is 1. The molecule has 0 spiro atoms. The Kier molecular flexibility index (Phi) is 3.69. The zero-order valence-electron chi connectivity index (χ0n) is 8.23. The second-order valence-electron chi connectivity index (χ2n) is 3.12. The number of amides is 1. The molecule has 0 aliphatic heterocycles. The molecule has 2 nitrogen and oxygen atoms in total. The lowest BCUT2D eigenvalue weighted by Crippen LogP contribution is -2.07. The summed E-state index contributed by atoms with van der Waals surface area (Å²) in [6.45, 7) is 7.46. The van der Waals surface area contributed by atoms with Gasteiger partial charge in [0.1, 0.15) is 0 Å². The molecule has 0 saturated heterocycles. The quantitative estimate of drug-likeness (QED) is 0.660. The number of carbonyl (C=O) groups is 1. The molecule has 0 fully saturated rings. The molecule has 1 N–H and O–H groups in total. The molecule has 0 saturated carbocycles. The SMILES string of the molecule is C=CC(=O)Nc1cc(C)c(I)c(C)c1. The fourth-order valence-corrected chi connectivity index (χ4v) is 1.52. The highest BCUT2D eigenvalue weighted by Crippen LogP contribution is 2.21. The first kappa shape index (κ1) is 11.2. The first-order valence-corrected chi connectivity index (χ1v) is 5.32. The van der Waals surface area contributed by atoms with Crippen molar-refractivity contribution in [3.63, 3.8) is 0 Å². The van der Waals surface area contributed by atoms with E-state index in [4.69, 9.17) is 0 Å². The van der Waals surface area contributed by atoms with Gasteiger partial charge in [-0.3, -0.25) is 4.79 Å². The maximum absolute atomic E-state index is 11.1. The van der Waals surface area contributed by atoms with Gasteiger partial charge in [0.2, 0.25) is 5.91 Å². The molecule has 0 atom stereocenters. The molecule has 0 aliphatic rings. The van der Waals surface area contributed by atoms with E-state index < -0.39 is 0 Å². The number of benzene rings is 1. The van der Waals surface area contributed by atoms with Crippen molar-refractivity contribution < 1.29 is 4.79 Å². The normalized spacial score (nSPS) is 9.64. The second-order valence-corrected chi connectivity index (χ2v) is 4.20. The predicted molar refractivity (Wildman–Crippen MR) is 67.5 cm³/mol. The molecule has 14 heavy (non-hydrogen) atoms. The van der Waals surface area contributed by atoms with Crippen LogP contribution in [0.25, 0.3) is 0 Å². The third-order valence-corrected chi connectivity index (χ3v) is 3.59. The van der Waals surface area contributed by atoms with Crippen LogP contribution in [-0.4, -0.2) is 5.91 Å². The molecule has 0 heterocycles. The molecule has 0 aliphatic carbocycles. The van der Waals surface area contributed by atoms with Crippen LogP contribution >= 0.6 is 22.6 Å². The number of aryl methyl sites for hydroxylation is 2. The third kappa shape index (κ3) is 2.57. The molecule has 1 amide bonds. The lowest BCUT2D eigenvalue weighted by molar-refractivity contribution is -0.111. The lowest BCUT2D eigenvalue weighted by atomic mass is 10.1. The first-order chi connectivity index (χ1) is 6.54. The minimum Gasteiger partial charge on any atom is -0.323 e. The zero-order valence-corrected chi connectivity index (χ0v) is 10.4. The summed E-state index contributed by atoms with van der Waals surface area (Å²) in [6, 6.07) is 3.91. The molecule has 1 aromatic carbocycles. The highest BCUT2D eigenvalue weighted by molar-refractivity contribution is 14.1. The standard InChI is InChI=1S/C11H12INO/c1-4-10(14)13-9-5-7(2)11(12)8(3)6-9/h4-6H,1H2,2-3H3,(H,13,14). The van der Waals surface area contributed by atoms with Gasteiger partial charge in [-0.15, -0.1) is 0 Å². The predicted octanol–water partition coefficient (Wildman–Crippen LogP) is 3.03. The average Bonchev–Trinajstić information content (AvgIpc) is 2.14. The molecule has 0 aromatic heterocycles. The second kappa shape index (κ2) is 4.59. The summed E-state index contributed by atoms with van der Waals surface area (Å²) in [5.74, 6) is -0.176. The largest absolute Gasteiger partial charge is 0.323 e. The number of rotatable bonds is 2. The first-order valence-electron chi connectivity index (χ1n) is 4.24. The highest BCUT2D eigenvalue weighted by atomic mass is 127. The van der Waals surface area contributed by atoms with Crippen molar-refractivity contribution in [1.29, 1.82) is 0 Å². The summed E-state index contributed by atoms with van der Waals surface area (Å²) in [6.07, 6.45) is 1.27. The van der Waals surface area contributed by atoms with Gasteiger partial charge in [0.15, 0.2) is 0 Å². The van der Waals surface area contributed by atoms with Crippen LogP contribution < -0.4 is 5.32 Å². The number of hydrogen-bond donors (Lipinski definition) is 1. The Morgan fingerprint density at radius 3 is 2.36 bits per heavy atom. The van der Waals surface area contributed by atoms with Gasteiger partial charge in [-0.05, 0) is 65.8 Å². The van der Waals surface area contributed by atoms with E-state index in [0.717, 1.165) is 5.69 Å². The van der Waals surface area contributed by atoms with Gasteiger partial charge < -0.3 is 5.32 Å². The Hall–Kier alpha value is -0.840. The highest BCUT2D eigenvalue weighted by Gasteiger charge is 2.03. The van der Waals surface area contributed by atoms with E-state index in [9.17, 15) is 4.79 Å². The Balaban J connectivity index is 3.01. The van der Waals surface area contributed by atoms with Crippen molar-refractivity contribution in [2.75, 3.05) is 5.32 Å². The molecule has 1 rings (SSSR count). The van der Waals surface area contributed by atoms with E-state index in [2.05, 4.69) is 34.5 Å². The Bertz CT molecular complexity index is 362. The number of nitrogens with one attached hydrogen (secondary N) is 1. The van der Waals surface area contributed by atoms with Gasteiger partial charge in [0.25, 0.3) is 0 Å². The van der Waals surface area contributed by atoms with Gasteiger partial charge in [-0.25, -0.2) is 0 Å². The van der Waals surface area contributed by atoms with Crippen LogP contribution in [0.3, 0.4) is 0 Å². The molecule has 74 valence electrons. The molecule has 0 radical (unpaired) electrons. The van der Waals surface area contributed by atoms with Gasteiger partial charge in [-0.1, -0.05) is 6.58 Å². The maximum Gasteiger partial charge on any atom is 0.247 e. The van der Waals surface area contributed by atoms with Crippen molar-refractivity contribution in [1.82, 2.24) is 0 Å². The van der Waals surface area contributed by atoms with Gasteiger partial charge in [-0.2, -0.15) is 0 Å². The fraction of sp³-hybridized carbons (Fsp3) is 0.182. The lowest BCUT2D eigenvalue weighted by Gasteiger charge is -2.07. The average molecular weight is 301 g/mol. The summed E-state index contributed by atoms with van der Waals surface area (Å²) in [7, 11) is 0. The molecule has 1 aromatic rings. The Labute approximate surface area is 97.5 Å². The molecular formula is C11H12INO.